The number of rotatable bonds is 3. The lowest BCUT2D eigenvalue weighted by molar-refractivity contribution is -0.126. The minimum Gasteiger partial charge on any atom is -0.449 e. The van der Waals surface area contributed by atoms with Gasteiger partial charge in [-0.15, -0.1) is 0 Å². The van der Waals surface area contributed by atoms with Crippen LogP contribution in [0.15, 0.2) is 57.7 Å². The molecule has 0 spiro atoms. The van der Waals surface area contributed by atoms with E-state index in [0.29, 0.717) is 5.02 Å². The minimum absolute atomic E-state index is 0.0376. The molecule has 2 aromatic carbocycles. The molecular formula is C22H18ClNO5. The van der Waals surface area contributed by atoms with Crippen LogP contribution < -0.4 is 10.3 Å². The topological polar surface area (TPSA) is 76.8 Å². The van der Waals surface area contributed by atoms with E-state index in [4.69, 9.17) is 20.8 Å². The molecule has 3 aromatic rings. The number of benzene rings is 2. The predicted octanol–water partition coefficient (Wildman–Crippen LogP) is 3.97. The van der Waals surface area contributed by atoms with Gasteiger partial charge in [0.25, 0.3) is 5.91 Å². The maximum atomic E-state index is 12.9. The average molecular weight is 412 g/mol. The van der Waals surface area contributed by atoms with Crippen molar-refractivity contribution in [2.24, 2.45) is 0 Å². The third-order valence-electron chi connectivity index (χ3n) is 4.97. The fourth-order valence-electron chi connectivity index (χ4n) is 3.60. The first-order valence-electron chi connectivity index (χ1n) is 9.20. The number of fused-ring (bicyclic) bond motifs is 2. The second-order valence-electron chi connectivity index (χ2n) is 7.05. The lowest BCUT2D eigenvalue weighted by Gasteiger charge is -2.25. The SMILES string of the molecule is C[C@@H](OC(=O)c1cc(=O)c2cc(Cl)ccc2o1)C(=O)N1c2ccccc2C[C@@H]1C. The Morgan fingerprint density at radius 3 is 2.76 bits per heavy atom. The zero-order valence-corrected chi connectivity index (χ0v) is 16.6. The number of hydrogen-bond acceptors (Lipinski definition) is 5. The van der Waals surface area contributed by atoms with Crippen LogP contribution in [0.25, 0.3) is 11.0 Å². The van der Waals surface area contributed by atoms with Crippen molar-refractivity contribution in [1.29, 1.82) is 0 Å². The number of carbonyl (C=O) groups excluding carboxylic acids is 2. The lowest BCUT2D eigenvalue weighted by atomic mass is 10.1. The minimum atomic E-state index is -1.04. The quantitative estimate of drug-likeness (QED) is 0.609. The normalized spacial score (nSPS) is 16.5. The number of esters is 1. The van der Waals surface area contributed by atoms with Gasteiger partial charge in [0.1, 0.15) is 5.58 Å². The van der Waals surface area contributed by atoms with Crippen LogP contribution in [0.2, 0.25) is 5.02 Å². The number of anilines is 1. The highest BCUT2D eigenvalue weighted by Gasteiger charge is 2.34. The Bertz CT molecular complexity index is 1190. The molecule has 0 unspecified atom stereocenters. The summed E-state index contributed by atoms with van der Waals surface area (Å²) in [5.74, 6) is -1.47. The Morgan fingerprint density at radius 2 is 1.97 bits per heavy atom. The van der Waals surface area contributed by atoms with Crippen molar-refractivity contribution in [2.45, 2.75) is 32.4 Å². The van der Waals surface area contributed by atoms with Gasteiger partial charge in [0.2, 0.25) is 5.76 Å². The molecule has 0 fully saturated rings. The number of hydrogen-bond donors (Lipinski definition) is 0. The van der Waals surface area contributed by atoms with Crippen LogP contribution in [0.1, 0.15) is 30.0 Å². The monoisotopic (exact) mass is 411 g/mol. The van der Waals surface area contributed by atoms with Crippen LogP contribution in [-0.4, -0.2) is 24.0 Å². The standard InChI is InChI=1S/C22H18ClNO5/c1-12-9-14-5-3-4-6-17(14)24(12)21(26)13(2)28-22(27)20-11-18(25)16-10-15(23)7-8-19(16)29-20/h3-8,10-13H,9H2,1-2H3/t12-,13+/m0/s1. The third kappa shape index (κ3) is 3.51. The summed E-state index contributed by atoms with van der Waals surface area (Å²) in [5, 5.41) is 0.653. The van der Waals surface area contributed by atoms with Gasteiger partial charge in [-0.2, -0.15) is 0 Å². The zero-order chi connectivity index (χ0) is 20.7. The van der Waals surface area contributed by atoms with Gasteiger partial charge in [0.15, 0.2) is 11.5 Å². The van der Waals surface area contributed by atoms with Gasteiger partial charge in [-0.1, -0.05) is 29.8 Å². The van der Waals surface area contributed by atoms with Gasteiger partial charge in [0.05, 0.1) is 5.39 Å². The molecule has 1 amide bonds. The molecule has 0 saturated carbocycles. The van der Waals surface area contributed by atoms with E-state index in [1.165, 1.54) is 19.1 Å². The summed E-state index contributed by atoms with van der Waals surface area (Å²) in [6.07, 6.45) is -0.299. The van der Waals surface area contributed by atoms with Gasteiger partial charge in [-0.05, 0) is 50.1 Å². The van der Waals surface area contributed by atoms with E-state index in [-0.39, 0.29) is 28.7 Å². The first kappa shape index (κ1) is 19.2. The molecule has 0 saturated heterocycles. The molecule has 0 N–H and O–H groups in total. The van der Waals surface area contributed by atoms with E-state index in [1.54, 1.807) is 11.0 Å². The van der Waals surface area contributed by atoms with Crippen molar-refractivity contribution >= 4 is 40.1 Å². The van der Waals surface area contributed by atoms with Crippen LogP contribution in [0, 0.1) is 0 Å². The molecule has 1 aliphatic rings. The number of para-hydroxylation sites is 1. The largest absolute Gasteiger partial charge is 0.449 e. The number of ether oxygens (including phenoxy) is 1. The Labute approximate surface area is 171 Å². The van der Waals surface area contributed by atoms with Crippen molar-refractivity contribution in [3.63, 3.8) is 0 Å². The second-order valence-corrected chi connectivity index (χ2v) is 7.49. The smallest absolute Gasteiger partial charge is 0.375 e. The maximum Gasteiger partial charge on any atom is 0.375 e. The van der Waals surface area contributed by atoms with Crippen LogP contribution in [0.5, 0.6) is 0 Å². The lowest BCUT2D eigenvalue weighted by Crippen LogP contribution is -2.43. The predicted molar refractivity (Wildman–Crippen MR) is 109 cm³/mol. The third-order valence-corrected chi connectivity index (χ3v) is 5.20. The molecule has 0 bridgehead atoms. The highest BCUT2D eigenvalue weighted by Crippen LogP contribution is 2.32. The molecule has 0 radical (unpaired) electrons. The van der Waals surface area contributed by atoms with E-state index >= 15 is 0 Å². The molecule has 2 heterocycles. The van der Waals surface area contributed by atoms with Crippen molar-refractivity contribution in [3.05, 3.63) is 75.1 Å². The van der Waals surface area contributed by atoms with Gasteiger partial charge in [-0.25, -0.2) is 4.79 Å². The first-order chi connectivity index (χ1) is 13.8. The van der Waals surface area contributed by atoms with Gasteiger partial charge in [-0.3, -0.25) is 9.59 Å². The van der Waals surface area contributed by atoms with Crippen molar-refractivity contribution < 1.29 is 18.7 Å². The van der Waals surface area contributed by atoms with Crippen molar-refractivity contribution in [2.75, 3.05) is 4.90 Å². The fraction of sp³-hybridized carbons (Fsp3) is 0.227. The van der Waals surface area contributed by atoms with Crippen molar-refractivity contribution in [1.82, 2.24) is 0 Å². The molecule has 1 aromatic heterocycles. The molecule has 0 aliphatic carbocycles. The van der Waals surface area contributed by atoms with Gasteiger partial charge < -0.3 is 14.1 Å². The highest BCUT2D eigenvalue weighted by atomic mass is 35.5. The van der Waals surface area contributed by atoms with Crippen molar-refractivity contribution in [3.8, 4) is 0 Å². The van der Waals surface area contributed by atoms with Gasteiger partial charge in [0, 0.05) is 22.8 Å². The van der Waals surface area contributed by atoms with Crippen LogP contribution in [0.3, 0.4) is 0 Å². The summed E-state index contributed by atoms with van der Waals surface area (Å²) in [6.45, 7) is 3.45. The summed E-state index contributed by atoms with van der Waals surface area (Å²) in [7, 11) is 0. The maximum absolute atomic E-state index is 12.9. The number of amides is 1. The molecule has 29 heavy (non-hydrogen) atoms. The molecule has 4 rings (SSSR count). The molecule has 2 atom stereocenters. The summed E-state index contributed by atoms with van der Waals surface area (Å²) in [6, 6.07) is 13.2. The average Bonchev–Trinajstić information content (AvgIpc) is 3.03. The highest BCUT2D eigenvalue weighted by molar-refractivity contribution is 6.31. The van der Waals surface area contributed by atoms with E-state index in [0.717, 1.165) is 23.7 Å². The van der Waals surface area contributed by atoms with Crippen LogP contribution in [-0.2, 0) is 16.0 Å². The summed E-state index contributed by atoms with van der Waals surface area (Å²) < 4.78 is 10.8. The Kier molecular flexibility index (Phi) is 4.88. The van der Waals surface area contributed by atoms with E-state index < -0.39 is 17.5 Å². The first-order valence-corrected chi connectivity index (χ1v) is 9.58. The molecule has 148 valence electrons. The van der Waals surface area contributed by atoms with E-state index in [2.05, 4.69) is 0 Å². The second kappa shape index (κ2) is 7.37. The van der Waals surface area contributed by atoms with Crippen LogP contribution in [0.4, 0.5) is 5.69 Å². The Morgan fingerprint density at radius 1 is 1.21 bits per heavy atom. The van der Waals surface area contributed by atoms with Gasteiger partial charge >= 0.3 is 5.97 Å². The molecule has 6 nitrogen and oxygen atoms in total. The summed E-state index contributed by atoms with van der Waals surface area (Å²) >= 11 is 5.89. The molecule has 1 aliphatic heterocycles. The summed E-state index contributed by atoms with van der Waals surface area (Å²) in [4.78, 5) is 39.4. The number of carbonyl (C=O) groups is 2. The van der Waals surface area contributed by atoms with E-state index in [1.807, 2.05) is 31.2 Å². The van der Waals surface area contributed by atoms with E-state index in [9.17, 15) is 14.4 Å². The number of halogens is 1. The molecule has 7 heteroatoms. The molecular weight excluding hydrogens is 394 g/mol. The zero-order valence-electron chi connectivity index (χ0n) is 15.8. The fourth-order valence-corrected chi connectivity index (χ4v) is 3.77. The number of nitrogens with zero attached hydrogens (tertiary/aromatic N) is 1. The van der Waals surface area contributed by atoms with Crippen LogP contribution >= 0.6 is 11.6 Å². The Balaban J connectivity index is 1.56. The Hall–Kier alpha value is -3.12. The summed E-state index contributed by atoms with van der Waals surface area (Å²) in [5.41, 5.74) is 1.70.